The van der Waals surface area contributed by atoms with Gasteiger partial charge < -0.3 is 15.1 Å². The summed E-state index contributed by atoms with van der Waals surface area (Å²) in [5, 5.41) is 3.59. The Hall–Kier alpha value is -2.66. The van der Waals surface area contributed by atoms with Crippen molar-refractivity contribution in [2.45, 2.75) is 18.5 Å². The number of rotatable bonds is 4. The van der Waals surface area contributed by atoms with Crippen molar-refractivity contribution in [3.63, 3.8) is 0 Å². The summed E-state index contributed by atoms with van der Waals surface area (Å²) in [5.41, 5.74) is 1.45. The molecule has 2 aliphatic rings. The Bertz CT molecular complexity index is 772. The lowest BCUT2D eigenvalue weighted by Gasteiger charge is -2.41. The molecule has 1 atom stereocenters. The fraction of sp³-hybridized carbons (Fsp3) is 0.333. The Morgan fingerprint density at radius 1 is 0.846 bits per heavy atom. The quantitative estimate of drug-likeness (QED) is 0.917. The van der Waals surface area contributed by atoms with Crippen LogP contribution in [0.2, 0.25) is 0 Å². The van der Waals surface area contributed by atoms with Crippen LogP contribution in [0.25, 0.3) is 0 Å². The number of hydrogen-bond donors (Lipinski definition) is 1. The van der Waals surface area contributed by atoms with Gasteiger partial charge in [0, 0.05) is 49.4 Å². The Labute approximate surface area is 153 Å². The van der Waals surface area contributed by atoms with Crippen molar-refractivity contribution in [3.05, 3.63) is 71.8 Å². The summed E-state index contributed by atoms with van der Waals surface area (Å²) in [6.45, 7) is 2.95. The van der Waals surface area contributed by atoms with E-state index in [1.54, 1.807) is 24.3 Å². The number of nitrogens with one attached hydrogen (secondary N) is 1. The van der Waals surface area contributed by atoms with Gasteiger partial charge in [-0.3, -0.25) is 9.59 Å². The number of benzene rings is 2. The highest BCUT2D eigenvalue weighted by molar-refractivity contribution is 5.95. The number of hydrogen-bond acceptors (Lipinski definition) is 3. The number of carbonyl (C=O) groups excluding carboxylic acids is 2. The summed E-state index contributed by atoms with van der Waals surface area (Å²) in [7, 11) is 0. The van der Waals surface area contributed by atoms with Gasteiger partial charge in [0.05, 0.1) is 0 Å². The van der Waals surface area contributed by atoms with Gasteiger partial charge in [0.15, 0.2) is 0 Å². The zero-order valence-electron chi connectivity index (χ0n) is 14.6. The zero-order valence-corrected chi connectivity index (χ0v) is 14.6. The second-order valence-corrected chi connectivity index (χ2v) is 6.97. The number of amides is 2. The number of likely N-dealkylation sites (tertiary alicyclic amines) is 2. The molecule has 2 aromatic rings. The topological polar surface area (TPSA) is 52.7 Å². The summed E-state index contributed by atoms with van der Waals surface area (Å²) in [6.07, 6.45) is 0.956. The molecule has 4 rings (SSSR count). The van der Waals surface area contributed by atoms with E-state index in [2.05, 4.69) is 11.4 Å². The van der Waals surface area contributed by atoms with Gasteiger partial charge in [0.1, 0.15) is 0 Å². The molecular weight excluding hydrogens is 326 g/mol. The van der Waals surface area contributed by atoms with Gasteiger partial charge in [-0.05, 0) is 36.8 Å². The fourth-order valence-corrected chi connectivity index (χ4v) is 3.64. The first-order valence-electron chi connectivity index (χ1n) is 9.06. The van der Waals surface area contributed by atoms with Crippen LogP contribution >= 0.6 is 0 Å². The summed E-state index contributed by atoms with van der Waals surface area (Å²) < 4.78 is 0. The average Bonchev–Trinajstić information content (AvgIpc) is 3.13. The van der Waals surface area contributed by atoms with Crippen LogP contribution in [0.15, 0.2) is 54.6 Å². The minimum atomic E-state index is 0.0735. The van der Waals surface area contributed by atoms with E-state index in [-0.39, 0.29) is 11.8 Å². The lowest BCUT2D eigenvalue weighted by atomic mass is 10.0. The minimum absolute atomic E-state index is 0.0735. The highest BCUT2D eigenvalue weighted by Gasteiger charge is 2.35. The molecule has 2 fully saturated rings. The fourth-order valence-electron chi connectivity index (χ4n) is 3.64. The van der Waals surface area contributed by atoms with E-state index in [1.165, 1.54) is 0 Å². The maximum Gasteiger partial charge on any atom is 0.253 e. The van der Waals surface area contributed by atoms with E-state index in [0.717, 1.165) is 38.2 Å². The van der Waals surface area contributed by atoms with Gasteiger partial charge >= 0.3 is 0 Å². The first-order chi connectivity index (χ1) is 12.7. The molecule has 1 radical (unpaired) electrons. The molecule has 2 aromatic carbocycles. The van der Waals surface area contributed by atoms with Crippen molar-refractivity contribution in [2.75, 3.05) is 26.2 Å². The van der Waals surface area contributed by atoms with Gasteiger partial charge in [-0.25, -0.2) is 0 Å². The molecule has 133 valence electrons. The molecule has 26 heavy (non-hydrogen) atoms. The molecule has 1 unspecified atom stereocenters. The van der Waals surface area contributed by atoms with Crippen LogP contribution in [0.3, 0.4) is 0 Å². The van der Waals surface area contributed by atoms with Crippen LogP contribution < -0.4 is 5.32 Å². The number of nitrogens with zero attached hydrogens (tertiary/aromatic N) is 2. The van der Waals surface area contributed by atoms with Gasteiger partial charge in [0.2, 0.25) is 0 Å². The standard InChI is InChI=1S/C21H22N3O2/c25-20(16-7-3-1-4-8-16)23-12-11-18(13-23)22-19-14-24(15-19)21(26)17-9-5-2-6-10-17/h1,3-10,18-19,22H,11-15H2. The van der Waals surface area contributed by atoms with E-state index in [4.69, 9.17) is 0 Å². The second kappa shape index (κ2) is 7.30. The predicted octanol–water partition coefficient (Wildman–Crippen LogP) is 1.82. The monoisotopic (exact) mass is 348 g/mol. The normalized spacial score (nSPS) is 20.1. The highest BCUT2D eigenvalue weighted by Crippen LogP contribution is 2.18. The Kier molecular flexibility index (Phi) is 4.71. The van der Waals surface area contributed by atoms with Crippen molar-refractivity contribution in [1.29, 1.82) is 0 Å². The lowest BCUT2D eigenvalue weighted by molar-refractivity contribution is 0.0552. The third-order valence-corrected chi connectivity index (χ3v) is 5.10. The maximum absolute atomic E-state index is 12.5. The molecular formula is C21H22N3O2. The molecule has 5 heteroatoms. The van der Waals surface area contributed by atoms with E-state index in [1.807, 2.05) is 40.1 Å². The summed E-state index contributed by atoms with van der Waals surface area (Å²) in [6, 6.07) is 20.1. The van der Waals surface area contributed by atoms with Gasteiger partial charge in [-0.1, -0.05) is 30.3 Å². The molecule has 2 aliphatic heterocycles. The van der Waals surface area contributed by atoms with Crippen LogP contribution in [0.5, 0.6) is 0 Å². The van der Waals surface area contributed by atoms with E-state index < -0.39 is 0 Å². The van der Waals surface area contributed by atoms with Crippen LogP contribution in [0, 0.1) is 6.07 Å². The average molecular weight is 348 g/mol. The molecule has 2 heterocycles. The molecule has 5 nitrogen and oxygen atoms in total. The van der Waals surface area contributed by atoms with Crippen LogP contribution in [0.4, 0.5) is 0 Å². The van der Waals surface area contributed by atoms with E-state index >= 15 is 0 Å². The van der Waals surface area contributed by atoms with Gasteiger partial charge in [-0.15, -0.1) is 0 Å². The predicted molar refractivity (Wildman–Crippen MR) is 98.9 cm³/mol. The molecule has 0 aromatic heterocycles. The van der Waals surface area contributed by atoms with Crippen molar-refractivity contribution in [3.8, 4) is 0 Å². The molecule has 2 saturated heterocycles. The summed E-state index contributed by atoms with van der Waals surface area (Å²) in [5.74, 6) is 0.172. The Morgan fingerprint density at radius 3 is 2.19 bits per heavy atom. The second-order valence-electron chi connectivity index (χ2n) is 6.97. The third-order valence-electron chi connectivity index (χ3n) is 5.10. The van der Waals surface area contributed by atoms with Crippen LogP contribution in [-0.2, 0) is 0 Å². The van der Waals surface area contributed by atoms with Crippen molar-refractivity contribution in [1.82, 2.24) is 15.1 Å². The van der Waals surface area contributed by atoms with Gasteiger partial charge in [-0.2, -0.15) is 0 Å². The van der Waals surface area contributed by atoms with Crippen LogP contribution in [-0.4, -0.2) is 59.9 Å². The Morgan fingerprint density at radius 2 is 1.46 bits per heavy atom. The molecule has 1 N–H and O–H groups in total. The highest BCUT2D eigenvalue weighted by atomic mass is 16.2. The zero-order chi connectivity index (χ0) is 17.9. The van der Waals surface area contributed by atoms with E-state index in [9.17, 15) is 9.59 Å². The first kappa shape index (κ1) is 16.8. The molecule has 0 bridgehead atoms. The van der Waals surface area contributed by atoms with E-state index in [0.29, 0.717) is 17.6 Å². The largest absolute Gasteiger partial charge is 0.337 e. The third kappa shape index (κ3) is 3.48. The maximum atomic E-state index is 12.5. The molecule has 0 aliphatic carbocycles. The van der Waals surface area contributed by atoms with Crippen molar-refractivity contribution in [2.24, 2.45) is 0 Å². The number of carbonyl (C=O) groups is 2. The molecule has 0 spiro atoms. The first-order valence-corrected chi connectivity index (χ1v) is 9.06. The minimum Gasteiger partial charge on any atom is -0.337 e. The summed E-state index contributed by atoms with van der Waals surface area (Å²) in [4.78, 5) is 28.6. The summed E-state index contributed by atoms with van der Waals surface area (Å²) >= 11 is 0. The van der Waals surface area contributed by atoms with Crippen LogP contribution in [0.1, 0.15) is 27.1 Å². The lowest BCUT2D eigenvalue weighted by Crippen LogP contribution is -2.62. The smallest absolute Gasteiger partial charge is 0.253 e. The SMILES string of the molecule is O=C(c1ccccc1)N1CCC(NC2CN(C(=O)c3cc[c]cc3)C2)C1. The van der Waals surface area contributed by atoms with Gasteiger partial charge in [0.25, 0.3) is 11.8 Å². The molecule has 2 amide bonds. The molecule has 0 saturated carbocycles. The Balaban J connectivity index is 1.24. The van der Waals surface area contributed by atoms with Crippen molar-refractivity contribution >= 4 is 11.8 Å². The van der Waals surface area contributed by atoms with Crippen molar-refractivity contribution < 1.29 is 9.59 Å².